The summed E-state index contributed by atoms with van der Waals surface area (Å²) in [7, 11) is 3.34. The molecule has 1 unspecified atom stereocenters. The monoisotopic (exact) mass is 529 g/mol. The van der Waals surface area contributed by atoms with Crippen molar-refractivity contribution in [1.82, 2.24) is 30.4 Å². The Balaban J connectivity index is 0.00000320. The standard InChI is InChI=1S/C20H31N7O2.HI/c1-6-21-20(23-10-16-14(3)19(29-5)13(2)9-22-16)24-15-7-8-18-25-17(12-28-4)26-27(18)11-15;/h9,15H,6-8,10-12H2,1-5H3,(H2,21,23,24);1H. The first-order chi connectivity index (χ1) is 14.0. The second-order valence-corrected chi connectivity index (χ2v) is 7.18. The maximum atomic E-state index is 5.50. The number of nitrogens with zero attached hydrogens (tertiary/aromatic N) is 5. The molecule has 30 heavy (non-hydrogen) atoms. The zero-order chi connectivity index (χ0) is 20.8. The molecule has 1 aliphatic rings. The van der Waals surface area contributed by atoms with Crippen molar-refractivity contribution < 1.29 is 9.47 Å². The fraction of sp³-hybridized carbons (Fsp3) is 0.600. The normalized spacial score (nSPS) is 15.9. The van der Waals surface area contributed by atoms with Crippen LogP contribution in [0, 0.1) is 13.8 Å². The number of ether oxygens (including phenoxy) is 2. The zero-order valence-corrected chi connectivity index (χ0v) is 20.7. The van der Waals surface area contributed by atoms with E-state index in [4.69, 9.17) is 14.5 Å². The SMILES string of the molecule is CCNC(=NCc1ncc(C)c(OC)c1C)NC1CCc2nc(COC)nn2C1.I. The van der Waals surface area contributed by atoms with E-state index >= 15 is 0 Å². The molecule has 3 rings (SSSR count). The highest BCUT2D eigenvalue weighted by molar-refractivity contribution is 14.0. The van der Waals surface area contributed by atoms with Crippen molar-refractivity contribution in [1.29, 1.82) is 0 Å². The molecule has 0 amide bonds. The molecule has 0 spiro atoms. The van der Waals surface area contributed by atoms with Gasteiger partial charge in [-0.25, -0.2) is 14.7 Å². The van der Waals surface area contributed by atoms with E-state index in [9.17, 15) is 0 Å². The second-order valence-electron chi connectivity index (χ2n) is 7.18. The lowest BCUT2D eigenvalue weighted by atomic mass is 10.1. The Kier molecular flexibility index (Phi) is 9.28. The molecule has 0 fully saturated rings. The number of guanidine groups is 1. The minimum Gasteiger partial charge on any atom is -0.496 e. The molecule has 2 aromatic rings. The van der Waals surface area contributed by atoms with Crippen molar-refractivity contribution in [3.05, 3.63) is 34.7 Å². The molecule has 2 aromatic heterocycles. The first kappa shape index (κ1) is 24.3. The molecule has 0 aliphatic carbocycles. The first-order valence-corrected chi connectivity index (χ1v) is 10.0. The predicted octanol–water partition coefficient (Wildman–Crippen LogP) is 2.13. The lowest BCUT2D eigenvalue weighted by molar-refractivity contribution is 0.177. The summed E-state index contributed by atoms with van der Waals surface area (Å²) in [6, 6.07) is 0.235. The molecule has 10 heteroatoms. The summed E-state index contributed by atoms with van der Waals surface area (Å²) >= 11 is 0. The van der Waals surface area contributed by atoms with E-state index in [0.29, 0.717) is 13.2 Å². The summed E-state index contributed by atoms with van der Waals surface area (Å²) in [5.74, 6) is 3.40. The van der Waals surface area contributed by atoms with Crippen LogP contribution >= 0.6 is 24.0 Å². The maximum Gasteiger partial charge on any atom is 0.191 e. The molecular formula is C20H32IN7O2. The molecule has 0 radical (unpaired) electrons. The number of aliphatic imine (C=N–C) groups is 1. The van der Waals surface area contributed by atoms with E-state index in [0.717, 1.165) is 66.1 Å². The number of aromatic nitrogens is 4. The van der Waals surface area contributed by atoms with Crippen molar-refractivity contribution in [2.45, 2.75) is 59.4 Å². The van der Waals surface area contributed by atoms with Crippen LogP contribution in [-0.2, 0) is 30.9 Å². The van der Waals surface area contributed by atoms with E-state index in [1.807, 2.05) is 24.7 Å². The molecule has 1 aliphatic heterocycles. The van der Waals surface area contributed by atoms with E-state index in [-0.39, 0.29) is 30.0 Å². The Hall–Kier alpha value is -1.95. The Bertz CT molecular complexity index is 869. The van der Waals surface area contributed by atoms with Gasteiger partial charge < -0.3 is 20.1 Å². The summed E-state index contributed by atoms with van der Waals surface area (Å²) < 4.78 is 12.6. The Morgan fingerprint density at radius 2 is 2.13 bits per heavy atom. The molecule has 0 aromatic carbocycles. The van der Waals surface area contributed by atoms with Crippen LogP contribution in [0.4, 0.5) is 0 Å². The van der Waals surface area contributed by atoms with Gasteiger partial charge in [-0.05, 0) is 27.2 Å². The van der Waals surface area contributed by atoms with Crippen LogP contribution in [0.2, 0.25) is 0 Å². The van der Waals surface area contributed by atoms with Crippen LogP contribution in [0.3, 0.4) is 0 Å². The summed E-state index contributed by atoms with van der Waals surface area (Å²) in [4.78, 5) is 13.8. The van der Waals surface area contributed by atoms with Gasteiger partial charge >= 0.3 is 0 Å². The molecule has 166 valence electrons. The van der Waals surface area contributed by atoms with Crippen LogP contribution in [0.5, 0.6) is 5.75 Å². The second kappa shape index (κ2) is 11.4. The largest absolute Gasteiger partial charge is 0.496 e. The van der Waals surface area contributed by atoms with E-state index < -0.39 is 0 Å². The lowest BCUT2D eigenvalue weighted by Gasteiger charge is -2.25. The van der Waals surface area contributed by atoms with Gasteiger partial charge in [0.2, 0.25) is 0 Å². The zero-order valence-electron chi connectivity index (χ0n) is 18.4. The Morgan fingerprint density at radius 1 is 1.33 bits per heavy atom. The number of hydrogen-bond donors (Lipinski definition) is 2. The van der Waals surface area contributed by atoms with E-state index in [2.05, 4.69) is 32.6 Å². The number of pyridine rings is 1. The highest BCUT2D eigenvalue weighted by atomic mass is 127. The summed E-state index contributed by atoms with van der Waals surface area (Å²) in [5, 5.41) is 11.4. The van der Waals surface area contributed by atoms with Crippen molar-refractivity contribution in [2.24, 2.45) is 4.99 Å². The summed E-state index contributed by atoms with van der Waals surface area (Å²) in [6.07, 6.45) is 3.69. The van der Waals surface area contributed by atoms with Crippen LogP contribution < -0.4 is 15.4 Å². The van der Waals surface area contributed by atoms with Crippen molar-refractivity contribution in [2.75, 3.05) is 20.8 Å². The first-order valence-electron chi connectivity index (χ1n) is 10.0. The van der Waals surface area contributed by atoms with Crippen molar-refractivity contribution in [3.8, 4) is 5.75 Å². The van der Waals surface area contributed by atoms with Gasteiger partial charge in [0.15, 0.2) is 11.8 Å². The molecule has 0 saturated heterocycles. The van der Waals surface area contributed by atoms with Gasteiger partial charge in [-0.2, -0.15) is 5.10 Å². The van der Waals surface area contributed by atoms with Crippen LogP contribution in [0.1, 0.15) is 41.8 Å². The third-order valence-electron chi connectivity index (χ3n) is 5.00. The minimum absolute atomic E-state index is 0. The topological polar surface area (TPSA) is 98.5 Å². The lowest BCUT2D eigenvalue weighted by Crippen LogP contribution is -2.47. The van der Waals surface area contributed by atoms with Crippen molar-refractivity contribution in [3.63, 3.8) is 0 Å². The molecule has 1 atom stereocenters. The molecule has 2 N–H and O–H groups in total. The highest BCUT2D eigenvalue weighted by Crippen LogP contribution is 2.24. The predicted molar refractivity (Wildman–Crippen MR) is 126 cm³/mol. The van der Waals surface area contributed by atoms with E-state index in [1.165, 1.54) is 0 Å². The third kappa shape index (κ3) is 5.81. The fourth-order valence-electron chi connectivity index (χ4n) is 3.57. The molecular weight excluding hydrogens is 497 g/mol. The van der Waals surface area contributed by atoms with Gasteiger partial charge in [-0.3, -0.25) is 4.98 Å². The number of hydrogen-bond acceptors (Lipinski definition) is 6. The van der Waals surface area contributed by atoms with Crippen LogP contribution in [0.15, 0.2) is 11.2 Å². The summed E-state index contributed by atoms with van der Waals surface area (Å²) in [6.45, 7) is 8.54. The number of methoxy groups -OCH3 is 2. The van der Waals surface area contributed by atoms with Crippen molar-refractivity contribution >= 4 is 29.9 Å². The number of nitrogens with one attached hydrogen (secondary N) is 2. The average Bonchev–Trinajstić information content (AvgIpc) is 3.10. The number of fused-ring (bicyclic) bond motifs is 1. The smallest absolute Gasteiger partial charge is 0.191 e. The number of rotatable bonds is 7. The molecule has 9 nitrogen and oxygen atoms in total. The fourth-order valence-corrected chi connectivity index (χ4v) is 3.57. The Morgan fingerprint density at radius 3 is 2.83 bits per heavy atom. The van der Waals surface area contributed by atoms with Crippen LogP contribution in [-0.4, -0.2) is 52.5 Å². The summed E-state index contributed by atoms with van der Waals surface area (Å²) in [5.41, 5.74) is 2.97. The third-order valence-corrected chi connectivity index (χ3v) is 5.00. The number of aryl methyl sites for hydroxylation is 2. The quantitative estimate of drug-likeness (QED) is 0.322. The molecule has 0 saturated carbocycles. The number of halogens is 1. The van der Waals surface area contributed by atoms with Gasteiger partial charge in [-0.1, -0.05) is 0 Å². The molecule has 0 bridgehead atoms. The van der Waals surface area contributed by atoms with Crippen LogP contribution in [0.25, 0.3) is 0 Å². The Labute approximate surface area is 195 Å². The van der Waals surface area contributed by atoms with Gasteiger partial charge in [-0.15, -0.1) is 24.0 Å². The maximum absolute atomic E-state index is 5.50. The van der Waals surface area contributed by atoms with E-state index in [1.54, 1.807) is 14.2 Å². The van der Waals surface area contributed by atoms with Gasteiger partial charge in [0.05, 0.1) is 25.9 Å². The van der Waals surface area contributed by atoms with Gasteiger partial charge in [0.25, 0.3) is 0 Å². The molecule has 3 heterocycles. The van der Waals surface area contributed by atoms with Gasteiger partial charge in [0, 0.05) is 43.4 Å². The van der Waals surface area contributed by atoms with Gasteiger partial charge in [0.1, 0.15) is 18.2 Å². The average molecular weight is 529 g/mol. The minimum atomic E-state index is 0. The highest BCUT2D eigenvalue weighted by Gasteiger charge is 2.22.